The van der Waals surface area contributed by atoms with Crippen molar-refractivity contribution in [3.05, 3.63) is 65.7 Å². The smallest absolute Gasteiger partial charge is 0.214 e. The number of pyridine rings is 1. The van der Waals surface area contributed by atoms with Crippen LogP contribution >= 0.6 is 0 Å². The van der Waals surface area contributed by atoms with E-state index in [1.54, 1.807) is 7.11 Å². The lowest BCUT2D eigenvalue weighted by atomic mass is 10.1. The topological polar surface area (TPSA) is 39.1 Å². The highest BCUT2D eigenvalue weighted by atomic mass is 16.5. The van der Waals surface area contributed by atoms with Crippen LogP contribution in [0.2, 0.25) is 0 Å². The first-order chi connectivity index (χ1) is 13.2. The highest BCUT2D eigenvalue weighted by Crippen LogP contribution is 2.30. The second-order valence-electron chi connectivity index (χ2n) is 7.04. The number of methoxy groups -OCH3 is 1. The summed E-state index contributed by atoms with van der Waals surface area (Å²) in [6.45, 7) is 6.13. The van der Waals surface area contributed by atoms with Gasteiger partial charge in [-0.25, -0.2) is 0 Å². The molecule has 0 aliphatic heterocycles. The Morgan fingerprint density at radius 2 is 1.59 bits per heavy atom. The third-order valence-electron chi connectivity index (χ3n) is 4.97. The third kappa shape index (κ3) is 3.47. The average Bonchev–Trinajstić information content (AvgIpc) is 2.97. The maximum Gasteiger partial charge on any atom is 0.214 e. The van der Waals surface area contributed by atoms with Crippen LogP contribution in [-0.2, 0) is 6.54 Å². The summed E-state index contributed by atoms with van der Waals surface area (Å²) in [5.41, 5.74) is 5.21. The number of benzene rings is 2. The molecule has 0 unspecified atom stereocenters. The molecule has 0 aliphatic rings. The molecule has 0 aliphatic carbocycles. The van der Waals surface area contributed by atoms with E-state index in [1.165, 1.54) is 32.9 Å². The minimum absolute atomic E-state index is 0.633. The minimum atomic E-state index is 0.633. The lowest BCUT2D eigenvalue weighted by molar-refractivity contribution is 0.398. The SMILES string of the molecule is COc1cccc(NCCCn2c3ccc(C)cc3c3cc(C)ccc32)n1. The number of fused-ring (bicyclic) bond motifs is 3. The first-order valence-corrected chi connectivity index (χ1v) is 9.40. The van der Waals surface area contributed by atoms with E-state index in [2.05, 4.69) is 65.1 Å². The van der Waals surface area contributed by atoms with Gasteiger partial charge in [0.25, 0.3) is 0 Å². The van der Waals surface area contributed by atoms with E-state index in [0.717, 1.165) is 25.3 Å². The number of hydrogen-bond acceptors (Lipinski definition) is 3. The first-order valence-electron chi connectivity index (χ1n) is 9.40. The van der Waals surface area contributed by atoms with Gasteiger partial charge in [0.05, 0.1) is 7.11 Å². The molecule has 0 saturated heterocycles. The van der Waals surface area contributed by atoms with Crippen molar-refractivity contribution in [3.8, 4) is 5.88 Å². The Bertz CT molecular complexity index is 1040. The quantitative estimate of drug-likeness (QED) is 0.474. The normalized spacial score (nSPS) is 11.2. The Balaban J connectivity index is 1.56. The fourth-order valence-corrected chi connectivity index (χ4v) is 3.65. The van der Waals surface area contributed by atoms with Gasteiger partial charge in [0.1, 0.15) is 5.82 Å². The monoisotopic (exact) mass is 359 g/mol. The molecule has 1 N–H and O–H groups in total. The molecule has 2 heterocycles. The van der Waals surface area contributed by atoms with Crippen LogP contribution in [0.5, 0.6) is 5.88 Å². The number of ether oxygens (including phenoxy) is 1. The van der Waals surface area contributed by atoms with Crippen molar-refractivity contribution in [2.45, 2.75) is 26.8 Å². The van der Waals surface area contributed by atoms with Crippen molar-refractivity contribution in [2.75, 3.05) is 19.0 Å². The van der Waals surface area contributed by atoms with Crippen molar-refractivity contribution in [1.82, 2.24) is 9.55 Å². The summed E-state index contributed by atoms with van der Waals surface area (Å²) < 4.78 is 7.62. The van der Waals surface area contributed by atoms with E-state index in [-0.39, 0.29) is 0 Å². The van der Waals surface area contributed by atoms with E-state index < -0.39 is 0 Å². The number of aryl methyl sites for hydroxylation is 3. The minimum Gasteiger partial charge on any atom is -0.481 e. The third-order valence-corrected chi connectivity index (χ3v) is 4.97. The molecule has 4 heteroatoms. The van der Waals surface area contributed by atoms with Crippen LogP contribution in [0.4, 0.5) is 5.82 Å². The van der Waals surface area contributed by atoms with Crippen molar-refractivity contribution < 1.29 is 4.74 Å². The highest BCUT2D eigenvalue weighted by Gasteiger charge is 2.10. The second kappa shape index (κ2) is 7.31. The Labute approximate surface area is 159 Å². The predicted molar refractivity (Wildman–Crippen MR) is 113 cm³/mol. The highest BCUT2D eigenvalue weighted by molar-refractivity contribution is 6.08. The van der Waals surface area contributed by atoms with Crippen molar-refractivity contribution in [3.63, 3.8) is 0 Å². The van der Waals surface area contributed by atoms with Gasteiger partial charge in [0, 0.05) is 41.0 Å². The summed E-state index contributed by atoms with van der Waals surface area (Å²) >= 11 is 0. The predicted octanol–water partition coefficient (Wildman–Crippen LogP) is 5.32. The molecule has 27 heavy (non-hydrogen) atoms. The molecular weight excluding hydrogens is 334 g/mol. The zero-order valence-corrected chi connectivity index (χ0v) is 16.1. The molecule has 2 aromatic carbocycles. The Morgan fingerprint density at radius 1 is 0.926 bits per heavy atom. The summed E-state index contributed by atoms with van der Waals surface area (Å²) in [7, 11) is 1.64. The van der Waals surface area contributed by atoms with Gasteiger partial charge in [0.15, 0.2) is 0 Å². The molecular formula is C23H25N3O. The molecule has 4 nitrogen and oxygen atoms in total. The summed E-state index contributed by atoms with van der Waals surface area (Å²) in [5.74, 6) is 1.48. The number of nitrogens with zero attached hydrogens (tertiary/aromatic N) is 2. The number of aromatic nitrogens is 2. The second-order valence-corrected chi connectivity index (χ2v) is 7.04. The summed E-state index contributed by atoms with van der Waals surface area (Å²) in [4.78, 5) is 4.40. The maximum absolute atomic E-state index is 5.18. The van der Waals surface area contributed by atoms with Gasteiger partial charge in [-0.1, -0.05) is 29.3 Å². The van der Waals surface area contributed by atoms with Gasteiger partial charge in [-0.05, 0) is 50.6 Å². The molecule has 4 rings (SSSR count). The first kappa shape index (κ1) is 17.4. The largest absolute Gasteiger partial charge is 0.481 e. The van der Waals surface area contributed by atoms with Crippen LogP contribution < -0.4 is 10.1 Å². The Kier molecular flexibility index (Phi) is 4.71. The van der Waals surface area contributed by atoms with Crippen LogP contribution in [0, 0.1) is 13.8 Å². The van der Waals surface area contributed by atoms with Gasteiger partial charge in [-0.3, -0.25) is 0 Å². The summed E-state index contributed by atoms with van der Waals surface area (Å²) in [5, 5.41) is 6.08. The molecule has 0 bridgehead atoms. The fourth-order valence-electron chi connectivity index (χ4n) is 3.65. The lowest BCUT2D eigenvalue weighted by Crippen LogP contribution is -2.08. The number of anilines is 1. The van der Waals surface area contributed by atoms with Crippen LogP contribution in [0.3, 0.4) is 0 Å². The summed E-state index contributed by atoms with van der Waals surface area (Å²) in [6.07, 6.45) is 1.01. The molecule has 138 valence electrons. The molecule has 0 spiro atoms. The van der Waals surface area contributed by atoms with Gasteiger partial charge in [0.2, 0.25) is 5.88 Å². The Hall–Kier alpha value is -3.01. The van der Waals surface area contributed by atoms with E-state index in [9.17, 15) is 0 Å². The zero-order chi connectivity index (χ0) is 18.8. The molecule has 0 atom stereocenters. The molecule has 0 amide bonds. The Morgan fingerprint density at radius 3 is 2.22 bits per heavy atom. The van der Waals surface area contributed by atoms with E-state index in [4.69, 9.17) is 4.74 Å². The number of hydrogen-bond donors (Lipinski definition) is 1. The van der Waals surface area contributed by atoms with E-state index >= 15 is 0 Å². The van der Waals surface area contributed by atoms with Crippen molar-refractivity contribution in [2.24, 2.45) is 0 Å². The standard InChI is InChI=1S/C23H25N3O/c1-16-8-10-20-18(14-16)19-15-17(2)9-11-21(19)26(20)13-5-12-24-22-6-4-7-23(25-22)27-3/h4,6-11,14-15H,5,12-13H2,1-3H3,(H,24,25). The molecule has 4 aromatic rings. The van der Waals surface area contributed by atoms with Gasteiger partial charge < -0.3 is 14.6 Å². The van der Waals surface area contributed by atoms with Crippen molar-refractivity contribution in [1.29, 1.82) is 0 Å². The summed E-state index contributed by atoms with van der Waals surface area (Å²) in [6, 6.07) is 19.3. The van der Waals surface area contributed by atoms with Gasteiger partial charge in [-0.15, -0.1) is 0 Å². The van der Waals surface area contributed by atoms with Crippen LogP contribution in [0.25, 0.3) is 21.8 Å². The van der Waals surface area contributed by atoms with Crippen LogP contribution in [-0.4, -0.2) is 23.2 Å². The average molecular weight is 359 g/mol. The molecule has 0 fully saturated rings. The van der Waals surface area contributed by atoms with Crippen LogP contribution in [0.15, 0.2) is 54.6 Å². The number of nitrogens with one attached hydrogen (secondary N) is 1. The van der Waals surface area contributed by atoms with E-state index in [0.29, 0.717) is 5.88 Å². The van der Waals surface area contributed by atoms with Gasteiger partial charge in [-0.2, -0.15) is 4.98 Å². The number of rotatable bonds is 6. The van der Waals surface area contributed by atoms with Crippen molar-refractivity contribution >= 4 is 27.6 Å². The van der Waals surface area contributed by atoms with E-state index in [1.807, 2.05) is 18.2 Å². The molecule has 0 saturated carbocycles. The molecule has 0 radical (unpaired) electrons. The molecule has 2 aromatic heterocycles. The maximum atomic E-state index is 5.18. The van der Waals surface area contributed by atoms with Crippen LogP contribution in [0.1, 0.15) is 17.5 Å². The van der Waals surface area contributed by atoms with Gasteiger partial charge >= 0.3 is 0 Å². The fraction of sp³-hybridized carbons (Fsp3) is 0.261. The zero-order valence-electron chi connectivity index (χ0n) is 16.1. The lowest BCUT2D eigenvalue weighted by Gasteiger charge is -2.10.